The number of thiophene rings is 1. The van der Waals surface area contributed by atoms with Crippen molar-refractivity contribution >= 4 is 44.7 Å². The van der Waals surface area contributed by atoms with E-state index in [1.807, 2.05) is 54.4 Å². The minimum absolute atomic E-state index is 0.0162. The summed E-state index contributed by atoms with van der Waals surface area (Å²) in [7, 11) is 1.97. The lowest BCUT2D eigenvalue weighted by Crippen LogP contribution is -2.44. The van der Waals surface area contributed by atoms with Crippen molar-refractivity contribution in [1.82, 2.24) is 10.2 Å². The molecule has 5 rings (SSSR count). The Hall–Kier alpha value is -3.06. The van der Waals surface area contributed by atoms with Crippen molar-refractivity contribution in [2.75, 3.05) is 7.05 Å². The molecule has 1 aliphatic rings. The van der Waals surface area contributed by atoms with E-state index in [0.717, 1.165) is 46.9 Å². The Morgan fingerprint density at radius 1 is 1.00 bits per heavy atom. The molecule has 0 spiro atoms. The molecule has 38 heavy (non-hydrogen) atoms. The lowest BCUT2D eigenvalue weighted by Gasteiger charge is -2.37. The first-order valence-corrected chi connectivity index (χ1v) is 14.1. The molecule has 1 N–H and O–H groups in total. The number of carbonyl (C=O) groups excluding carboxylic acids is 2. The molecule has 0 atom stereocenters. The summed E-state index contributed by atoms with van der Waals surface area (Å²) < 4.78 is 16.2. The van der Waals surface area contributed by atoms with Crippen molar-refractivity contribution in [3.63, 3.8) is 0 Å². The van der Waals surface area contributed by atoms with Crippen LogP contribution in [0, 0.1) is 5.82 Å². The van der Waals surface area contributed by atoms with E-state index in [0.29, 0.717) is 27.1 Å². The van der Waals surface area contributed by atoms with Gasteiger partial charge in [-0.05, 0) is 75.0 Å². The van der Waals surface area contributed by atoms with Crippen LogP contribution < -0.4 is 5.32 Å². The molecule has 0 aliphatic heterocycles. The molecule has 1 saturated carbocycles. The molecule has 1 aliphatic carbocycles. The van der Waals surface area contributed by atoms with E-state index in [2.05, 4.69) is 5.32 Å². The number of benzene rings is 3. The number of halogens is 2. The summed E-state index contributed by atoms with van der Waals surface area (Å²) in [5, 5.41) is 4.66. The predicted octanol–water partition coefficient (Wildman–Crippen LogP) is 7.74. The third kappa shape index (κ3) is 5.39. The molecular formula is C31H30ClFN2O2S. The number of rotatable bonds is 7. The summed E-state index contributed by atoms with van der Waals surface area (Å²) >= 11 is 8.10. The second-order valence-corrected chi connectivity index (χ2v) is 11.3. The van der Waals surface area contributed by atoms with Crippen LogP contribution in [0.2, 0.25) is 5.02 Å². The molecule has 1 heterocycles. The van der Waals surface area contributed by atoms with Crippen molar-refractivity contribution < 1.29 is 14.0 Å². The highest BCUT2D eigenvalue weighted by atomic mass is 35.5. The van der Waals surface area contributed by atoms with Crippen LogP contribution in [-0.2, 0) is 6.54 Å². The molecule has 1 fully saturated rings. The lowest BCUT2D eigenvalue weighted by atomic mass is 9.89. The zero-order chi connectivity index (χ0) is 26.8. The van der Waals surface area contributed by atoms with E-state index in [4.69, 9.17) is 11.6 Å². The quantitative estimate of drug-likeness (QED) is 0.240. The van der Waals surface area contributed by atoms with Crippen LogP contribution >= 0.6 is 22.9 Å². The maximum absolute atomic E-state index is 15.2. The fourth-order valence-electron chi connectivity index (χ4n) is 5.30. The van der Waals surface area contributed by atoms with Crippen molar-refractivity contribution in [3.05, 3.63) is 93.6 Å². The summed E-state index contributed by atoms with van der Waals surface area (Å²) in [6.07, 6.45) is 3.57. The summed E-state index contributed by atoms with van der Waals surface area (Å²) in [4.78, 5) is 28.3. The molecule has 1 aromatic heterocycles. The van der Waals surface area contributed by atoms with Gasteiger partial charge < -0.3 is 10.2 Å². The Bertz CT molecular complexity index is 1490. The van der Waals surface area contributed by atoms with Crippen LogP contribution in [-0.4, -0.2) is 35.7 Å². The van der Waals surface area contributed by atoms with Crippen LogP contribution in [0.4, 0.5) is 4.39 Å². The molecule has 4 nitrogen and oxygen atoms in total. The molecule has 0 bridgehead atoms. The zero-order valence-corrected chi connectivity index (χ0v) is 23.0. The summed E-state index contributed by atoms with van der Waals surface area (Å²) in [5.41, 5.74) is 2.68. The Kier molecular flexibility index (Phi) is 7.93. The Balaban J connectivity index is 1.51. The van der Waals surface area contributed by atoms with Crippen molar-refractivity contribution in [3.8, 4) is 11.1 Å². The third-order valence-corrected chi connectivity index (χ3v) is 9.19. The number of hydrogen-bond acceptors (Lipinski definition) is 4. The largest absolute Gasteiger partial charge is 0.330 e. The van der Waals surface area contributed by atoms with Gasteiger partial charge in [-0.25, -0.2) is 4.39 Å². The molecule has 7 heteroatoms. The van der Waals surface area contributed by atoms with Gasteiger partial charge in [0, 0.05) is 39.8 Å². The monoisotopic (exact) mass is 548 g/mol. The molecular weight excluding hydrogens is 519 g/mol. The standard InChI is InChI=1S/C31H30ClFN2O2S/c1-19(36)20-6-5-7-21(16-20)22-10-15-27(33)23(17-22)18-35(25-13-11-24(34-2)12-14-25)31(37)30-29(32)26-8-3-4-9-28(26)38-30/h3-10,15-17,24-25,34H,11-14,18H2,1-2H3. The van der Waals surface area contributed by atoms with Crippen molar-refractivity contribution in [2.24, 2.45) is 0 Å². The summed E-state index contributed by atoms with van der Waals surface area (Å²) in [6.45, 7) is 1.67. The van der Waals surface area contributed by atoms with E-state index in [1.165, 1.54) is 24.3 Å². The number of ketones is 1. The highest BCUT2D eigenvalue weighted by molar-refractivity contribution is 7.21. The average molecular weight is 549 g/mol. The SMILES string of the molecule is CNC1CCC(N(Cc2cc(-c3cccc(C(C)=O)c3)ccc2F)C(=O)c2sc3ccccc3c2Cl)CC1. The van der Waals surface area contributed by atoms with Crippen LogP contribution in [0.25, 0.3) is 21.2 Å². The Morgan fingerprint density at radius 3 is 2.45 bits per heavy atom. The highest BCUT2D eigenvalue weighted by Crippen LogP contribution is 2.38. The molecule has 3 aromatic carbocycles. The Labute approximate surface area is 231 Å². The highest BCUT2D eigenvalue weighted by Gasteiger charge is 2.32. The number of nitrogens with zero attached hydrogens (tertiary/aromatic N) is 1. The van der Waals surface area contributed by atoms with Gasteiger partial charge in [0.2, 0.25) is 0 Å². The number of nitrogens with one attached hydrogen (secondary N) is 1. The normalized spacial score (nSPS) is 17.5. The topological polar surface area (TPSA) is 49.4 Å². The molecule has 0 unspecified atom stereocenters. The smallest absolute Gasteiger partial charge is 0.266 e. The first kappa shape index (κ1) is 26.5. The maximum atomic E-state index is 15.2. The maximum Gasteiger partial charge on any atom is 0.266 e. The van der Waals surface area contributed by atoms with Crippen molar-refractivity contribution in [2.45, 2.75) is 51.2 Å². The number of hydrogen-bond donors (Lipinski definition) is 1. The number of Topliss-reactive ketones (excluding diaryl/α,β-unsaturated/α-hetero) is 1. The van der Waals surface area contributed by atoms with Gasteiger partial charge >= 0.3 is 0 Å². The van der Waals surface area contributed by atoms with Crippen molar-refractivity contribution in [1.29, 1.82) is 0 Å². The first-order chi connectivity index (χ1) is 18.4. The van der Waals surface area contributed by atoms with E-state index < -0.39 is 0 Å². The van der Waals surface area contributed by atoms with Crippen LogP contribution in [0.1, 0.15) is 58.2 Å². The minimum Gasteiger partial charge on any atom is -0.330 e. The summed E-state index contributed by atoms with van der Waals surface area (Å²) in [6, 6.07) is 20.4. The molecule has 196 valence electrons. The lowest BCUT2D eigenvalue weighted by molar-refractivity contribution is 0.0604. The fourth-order valence-corrected chi connectivity index (χ4v) is 6.77. The third-order valence-electron chi connectivity index (χ3n) is 7.52. The number of fused-ring (bicyclic) bond motifs is 1. The van der Waals surface area contributed by atoms with Crippen LogP contribution in [0.3, 0.4) is 0 Å². The molecule has 4 aromatic rings. The van der Waals surface area contributed by atoms with E-state index >= 15 is 4.39 Å². The second kappa shape index (κ2) is 11.4. The van der Waals surface area contributed by atoms with Gasteiger partial charge in [-0.15, -0.1) is 11.3 Å². The van der Waals surface area contributed by atoms with Gasteiger partial charge in [-0.2, -0.15) is 0 Å². The number of carbonyl (C=O) groups is 2. The van der Waals surface area contributed by atoms with Gasteiger partial charge in [0.15, 0.2) is 5.78 Å². The minimum atomic E-state index is -0.361. The van der Waals surface area contributed by atoms with Gasteiger partial charge in [-0.3, -0.25) is 9.59 Å². The molecule has 0 saturated heterocycles. The van der Waals surface area contributed by atoms with E-state index in [-0.39, 0.29) is 30.1 Å². The Morgan fingerprint density at radius 2 is 1.74 bits per heavy atom. The van der Waals surface area contributed by atoms with Gasteiger partial charge in [0.25, 0.3) is 5.91 Å². The fraction of sp³-hybridized carbons (Fsp3) is 0.290. The van der Waals surface area contributed by atoms with Gasteiger partial charge in [0.1, 0.15) is 10.7 Å². The van der Waals surface area contributed by atoms with Crippen LogP contribution in [0.15, 0.2) is 66.7 Å². The number of amides is 1. The van der Waals surface area contributed by atoms with Crippen LogP contribution in [0.5, 0.6) is 0 Å². The predicted molar refractivity (Wildman–Crippen MR) is 154 cm³/mol. The first-order valence-electron chi connectivity index (χ1n) is 12.9. The average Bonchev–Trinajstić information content (AvgIpc) is 3.28. The van der Waals surface area contributed by atoms with E-state index in [9.17, 15) is 9.59 Å². The second-order valence-electron chi connectivity index (χ2n) is 9.91. The van der Waals surface area contributed by atoms with Gasteiger partial charge in [-0.1, -0.05) is 54.1 Å². The van der Waals surface area contributed by atoms with E-state index in [1.54, 1.807) is 18.2 Å². The molecule has 1 amide bonds. The van der Waals surface area contributed by atoms with Gasteiger partial charge in [0.05, 0.1) is 5.02 Å². The molecule has 0 radical (unpaired) electrons. The summed E-state index contributed by atoms with van der Waals surface area (Å²) in [5.74, 6) is -0.545. The zero-order valence-electron chi connectivity index (χ0n) is 21.5.